The van der Waals surface area contributed by atoms with E-state index >= 15 is 0 Å². The third kappa shape index (κ3) is 2.71. The Morgan fingerprint density at radius 1 is 1.47 bits per heavy atom. The van der Waals surface area contributed by atoms with Crippen molar-refractivity contribution in [2.45, 2.75) is 51.7 Å². The van der Waals surface area contributed by atoms with Crippen molar-refractivity contribution >= 4 is 5.91 Å². The molecule has 0 aromatic rings. The lowest BCUT2D eigenvalue weighted by atomic mass is 10.0. The average molecular weight is 237 g/mol. The Hall–Kier alpha value is -0.830. The zero-order valence-corrected chi connectivity index (χ0v) is 10.9. The molecule has 0 N–H and O–H groups in total. The van der Waals surface area contributed by atoms with Crippen LogP contribution in [0.5, 0.6) is 0 Å². The Labute approximate surface area is 104 Å². The maximum absolute atomic E-state index is 12.3. The fourth-order valence-corrected chi connectivity index (χ4v) is 2.96. The summed E-state index contributed by atoms with van der Waals surface area (Å²) in [5.74, 6) is 0.644. The molecule has 1 amide bonds. The number of hydrogen-bond donors (Lipinski definition) is 0. The van der Waals surface area contributed by atoms with E-state index in [-0.39, 0.29) is 12.0 Å². The summed E-state index contributed by atoms with van der Waals surface area (Å²) in [4.78, 5) is 14.4. The van der Waals surface area contributed by atoms with Gasteiger partial charge in [-0.25, -0.2) is 0 Å². The number of amides is 1. The van der Waals surface area contributed by atoms with Crippen molar-refractivity contribution in [2.75, 3.05) is 13.2 Å². The Morgan fingerprint density at radius 2 is 2.24 bits per heavy atom. The molecule has 1 saturated heterocycles. The van der Waals surface area contributed by atoms with Gasteiger partial charge in [-0.1, -0.05) is 20.4 Å². The fourth-order valence-electron chi connectivity index (χ4n) is 2.96. The third-order valence-corrected chi connectivity index (χ3v) is 3.70. The molecule has 2 fully saturated rings. The van der Waals surface area contributed by atoms with Crippen LogP contribution in [0.2, 0.25) is 0 Å². The van der Waals surface area contributed by atoms with Crippen LogP contribution in [0.25, 0.3) is 0 Å². The Balaban J connectivity index is 2.00. The van der Waals surface area contributed by atoms with Gasteiger partial charge in [-0.15, -0.1) is 0 Å². The number of nitrogens with zero attached hydrogens (tertiary/aromatic N) is 1. The quantitative estimate of drug-likeness (QED) is 0.705. The predicted molar refractivity (Wildman–Crippen MR) is 67.7 cm³/mol. The van der Waals surface area contributed by atoms with Gasteiger partial charge in [-0.3, -0.25) is 4.79 Å². The minimum Gasteiger partial charge on any atom is -0.374 e. The van der Waals surface area contributed by atoms with Gasteiger partial charge in [0.15, 0.2) is 0 Å². The van der Waals surface area contributed by atoms with Crippen LogP contribution >= 0.6 is 0 Å². The summed E-state index contributed by atoms with van der Waals surface area (Å²) in [5, 5.41) is 0. The van der Waals surface area contributed by atoms with Crippen molar-refractivity contribution in [1.29, 1.82) is 0 Å². The maximum Gasteiger partial charge on any atom is 0.249 e. The molecule has 0 radical (unpaired) electrons. The lowest BCUT2D eigenvalue weighted by molar-refractivity contribution is -0.140. The van der Waals surface area contributed by atoms with Crippen LogP contribution in [-0.2, 0) is 9.53 Å². The van der Waals surface area contributed by atoms with E-state index in [4.69, 9.17) is 4.74 Å². The molecule has 2 atom stereocenters. The van der Waals surface area contributed by atoms with E-state index < -0.39 is 0 Å². The average Bonchev–Trinajstić information content (AvgIpc) is 2.74. The predicted octanol–water partition coefficient (Wildman–Crippen LogP) is 2.37. The summed E-state index contributed by atoms with van der Waals surface area (Å²) in [6.07, 6.45) is 4.44. The normalized spacial score (nSPS) is 28.3. The van der Waals surface area contributed by atoms with Gasteiger partial charge in [0.05, 0.1) is 18.8 Å². The number of rotatable bonds is 3. The molecule has 17 heavy (non-hydrogen) atoms. The summed E-state index contributed by atoms with van der Waals surface area (Å²) in [7, 11) is 0. The summed E-state index contributed by atoms with van der Waals surface area (Å²) >= 11 is 0. The Bertz CT molecular complexity index is 311. The van der Waals surface area contributed by atoms with Crippen LogP contribution in [0, 0.1) is 5.92 Å². The molecule has 0 spiro atoms. The summed E-state index contributed by atoms with van der Waals surface area (Å²) in [6, 6.07) is 0.306. The van der Waals surface area contributed by atoms with Crippen molar-refractivity contribution < 1.29 is 9.53 Å². The largest absolute Gasteiger partial charge is 0.374 e. The number of ether oxygens (including phenoxy) is 1. The van der Waals surface area contributed by atoms with E-state index in [2.05, 4.69) is 20.4 Å². The molecular formula is C14H23NO2. The minimum absolute atomic E-state index is 0.152. The molecule has 2 aliphatic rings. The van der Waals surface area contributed by atoms with Gasteiger partial charge < -0.3 is 9.64 Å². The van der Waals surface area contributed by atoms with Crippen molar-refractivity contribution in [1.82, 2.24) is 4.90 Å². The van der Waals surface area contributed by atoms with Gasteiger partial charge >= 0.3 is 0 Å². The van der Waals surface area contributed by atoms with Crippen LogP contribution < -0.4 is 0 Å². The molecule has 96 valence electrons. The van der Waals surface area contributed by atoms with Gasteiger partial charge in [0.2, 0.25) is 5.91 Å². The highest BCUT2D eigenvalue weighted by Gasteiger charge is 2.38. The number of fused-ring (bicyclic) bond motifs is 1. The zero-order chi connectivity index (χ0) is 12.4. The monoisotopic (exact) mass is 237 g/mol. The Kier molecular flexibility index (Phi) is 3.87. The van der Waals surface area contributed by atoms with Crippen molar-refractivity contribution in [2.24, 2.45) is 5.92 Å². The SMILES string of the molecule is C=C(CC(C)C)C(=O)N1CCO[C@@H]2CCC[C@@H]21. The molecular weight excluding hydrogens is 214 g/mol. The van der Waals surface area contributed by atoms with E-state index in [9.17, 15) is 4.79 Å². The molecule has 1 aliphatic carbocycles. The van der Waals surface area contributed by atoms with Crippen LogP contribution in [0.4, 0.5) is 0 Å². The zero-order valence-electron chi connectivity index (χ0n) is 10.9. The van der Waals surface area contributed by atoms with E-state index in [0.717, 1.165) is 31.4 Å². The number of hydrogen-bond acceptors (Lipinski definition) is 2. The molecule has 1 aliphatic heterocycles. The number of carbonyl (C=O) groups is 1. The molecule has 1 saturated carbocycles. The molecule has 0 unspecified atom stereocenters. The molecule has 1 heterocycles. The lowest BCUT2D eigenvalue weighted by Crippen LogP contribution is -2.51. The van der Waals surface area contributed by atoms with Crippen molar-refractivity contribution in [3.63, 3.8) is 0 Å². The molecule has 0 aromatic heterocycles. The molecule has 0 bridgehead atoms. The van der Waals surface area contributed by atoms with Crippen LogP contribution in [-0.4, -0.2) is 36.1 Å². The molecule has 3 nitrogen and oxygen atoms in total. The summed E-state index contributed by atoms with van der Waals surface area (Å²) in [6.45, 7) is 9.61. The van der Waals surface area contributed by atoms with Gasteiger partial charge in [0.25, 0.3) is 0 Å². The van der Waals surface area contributed by atoms with Gasteiger partial charge in [-0.2, -0.15) is 0 Å². The second-order valence-electron chi connectivity index (χ2n) is 5.61. The van der Waals surface area contributed by atoms with Gasteiger partial charge in [0, 0.05) is 12.1 Å². The van der Waals surface area contributed by atoms with E-state index in [1.807, 2.05) is 4.90 Å². The minimum atomic E-state index is 0.152. The standard InChI is InChI=1S/C14H23NO2/c1-10(2)9-11(3)14(16)15-7-8-17-13-6-4-5-12(13)15/h10,12-13H,3-9H2,1-2H3/t12-,13+/m0/s1. The first-order valence-electron chi connectivity index (χ1n) is 6.70. The summed E-state index contributed by atoms with van der Waals surface area (Å²) in [5.41, 5.74) is 0.757. The van der Waals surface area contributed by atoms with Crippen molar-refractivity contribution in [3.05, 3.63) is 12.2 Å². The van der Waals surface area contributed by atoms with Crippen LogP contribution in [0.3, 0.4) is 0 Å². The maximum atomic E-state index is 12.3. The molecule has 3 heteroatoms. The van der Waals surface area contributed by atoms with Gasteiger partial charge in [0.1, 0.15) is 0 Å². The smallest absolute Gasteiger partial charge is 0.249 e. The van der Waals surface area contributed by atoms with Gasteiger partial charge in [-0.05, 0) is 31.6 Å². The first kappa shape index (κ1) is 12.6. The number of morpholine rings is 1. The third-order valence-electron chi connectivity index (χ3n) is 3.70. The highest BCUT2D eigenvalue weighted by atomic mass is 16.5. The molecule has 0 aromatic carbocycles. The number of carbonyl (C=O) groups excluding carboxylic acids is 1. The first-order valence-corrected chi connectivity index (χ1v) is 6.70. The lowest BCUT2D eigenvalue weighted by Gasteiger charge is -2.38. The highest BCUT2D eigenvalue weighted by molar-refractivity contribution is 5.93. The van der Waals surface area contributed by atoms with E-state index in [1.165, 1.54) is 6.42 Å². The van der Waals surface area contributed by atoms with E-state index in [0.29, 0.717) is 18.6 Å². The fraction of sp³-hybridized carbons (Fsp3) is 0.786. The highest BCUT2D eigenvalue weighted by Crippen LogP contribution is 2.30. The van der Waals surface area contributed by atoms with Crippen molar-refractivity contribution in [3.8, 4) is 0 Å². The molecule has 2 rings (SSSR count). The van der Waals surface area contributed by atoms with Crippen LogP contribution in [0.15, 0.2) is 12.2 Å². The van der Waals surface area contributed by atoms with Crippen LogP contribution in [0.1, 0.15) is 39.5 Å². The van der Waals surface area contributed by atoms with E-state index in [1.54, 1.807) is 0 Å². The topological polar surface area (TPSA) is 29.5 Å². The Morgan fingerprint density at radius 3 is 2.94 bits per heavy atom. The first-order chi connectivity index (χ1) is 8.09. The second kappa shape index (κ2) is 5.21. The summed E-state index contributed by atoms with van der Waals surface area (Å²) < 4.78 is 5.72. The second-order valence-corrected chi connectivity index (χ2v) is 5.61.